The Labute approximate surface area is 158 Å². The topological polar surface area (TPSA) is 73.6 Å². The molecule has 0 aliphatic carbocycles. The summed E-state index contributed by atoms with van der Waals surface area (Å²) in [6.07, 6.45) is 0. The molecule has 3 rings (SSSR count). The Bertz CT molecular complexity index is 836. The van der Waals surface area contributed by atoms with E-state index in [1.165, 1.54) is 0 Å². The Morgan fingerprint density at radius 2 is 1.44 bits per heavy atom. The Hall–Kier alpha value is -3.15. The van der Waals surface area contributed by atoms with Crippen LogP contribution in [-0.4, -0.2) is 18.6 Å². The van der Waals surface area contributed by atoms with Gasteiger partial charge in [0.15, 0.2) is 0 Å². The van der Waals surface area contributed by atoms with E-state index < -0.39 is 6.04 Å². The van der Waals surface area contributed by atoms with Gasteiger partial charge in [-0.15, -0.1) is 0 Å². The number of benzene rings is 3. The molecule has 3 aromatic carbocycles. The molecule has 0 spiro atoms. The molecule has 3 N–H and O–H groups in total. The van der Waals surface area contributed by atoms with Crippen LogP contribution in [-0.2, 0) is 16.1 Å². The zero-order chi connectivity index (χ0) is 18.9. The van der Waals surface area contributed by atoms with Gasteiger partial charge >= 0.3 is 0 Å². The van der Waals surface area contributed by atoms with Gasteiger partial charge in [-0.1, -0.05) is 48.5 Å². The number of amides is 1. The second-order valence-electron chi connectivity index (χ2n) is 6.04. The smallest absolute Gasteiger partial charge is 0.243 e. The fourth-order valence-corrected chi connectivity index (χ4v) is 2.42. The molecule has 0 aliphatic heterocycles. The lowest BCUT2D eigenvalue weighted by molar-refractivity contribution is -0.118. The quantitative estimate of drug-likeness (QED) is 0.636. The number of hydrogen-bond donors (Lipinski definition) is 2. The average Bonchev–Trinajstić information content (AvgIpc) is 2.71. The minimum Gasteiger partial charge on any atom is -0.457 e. The summed E-state index contributed by atoms with van der Waals surface area (Å²) in [5.74, 6) is 1.15. The van der Waals surface area contributed by atoms with Crippen LogP contribution in [0.15, 0.2) is 84.9 Å². The molecule has 0 saturated heterocycles. The molecule has 0 aliphatic rings. The van der Waals surface area contributed by atoms with Crippen molar-refractivity contribution < 1.29 is 14.3 Å². The van der Waals surface area contributed by atoms with Crippen molar-refractivity contribution in [2.45, 2.75) is 12.6 Å². The van der Waals surface area contributed by atoms with Crippen molar-refractivity contribution in [2.75, 3.05) is 11.9 Å². The summed E-state index contributed by atoms with van der Waals surface area (Å²) in [6, 6.07) is 25.6. The number of anilines is 1. The maximum atomic E-state index is 12.2. The number of hydrogen-bond acceptors (Lipinski definition) is 4. The molecule has 138 valence electrons. The van der Waals surface area contributed by atoms with E-state index in [0.29, 0.717) is 18.0 Å². The highest BCUT2D eigenvalue weighted by Gasteiger charge is 2.14. The number of nitrogens with two attached hydrogens (primary N) is 1. The van der Waals surface area contributed by atoms with Crippen LogP contribution in [0, 0.1) is 0 Å². The monoisotopic (exact) mass is 362 g/mol. The lowest BCUT2D eigenvalue weighted by atomic mass is 10.2. The molecule has 1 amide bonds. The molecule has 0 bridgehead atoms. The van der Waals surface area contributed by atoms with Gasteiger partial charge in [-0.2, -0.15) is 0 Å². The first-order chi connectivity index (χ1) is 13.2. The molecule has 0 saturated carbocycles. The standard InChI is InChI=1S/C22H22N2O3/c23-21(16-26-15-17-7-3-1-4-8-17)22(25)24-18-11-13-20(14-12-18)27-19-9-5-2-6-10-19/h1-14,21H,15-16,23H2,(H,24,25)/t21-/m1/s1. The van der Waals surface area contributed by atoms with Gasteiger partial charge in [0, 0.05) is 5.69 Å². The molecule has 5 nitrogen and oxygen atoms in total. The number of nitrogens with one attached hydrogen (secondary N) is 1. The number of para-hydroxylation sites is 1. The third kappa shape index (κ3) is 5.95. The minimum atomic E-state index is -0.742. The van der Waals surface area contributed by atoms with E-state index in [9.17, 15) is 4.79 Å². The van der Waals surface area contributed by atoms with Crippen molar-refractivity contribution >= 4 is 11.6 Å². The molecule has 0 aromatic heterocycles. The molecule has 0 heterocycles. The van der Waals surface area contributed by atoms with E-state index >= 15 is 0 Å². The zero-order valence-corrected chi connectivity index (χ0v) is 14.9. The number of carbonyl (C=O) groups excluding carboxylic acids is 1. The van der Waals surface area contributed by atoms with E-state index in [1.54, 1.807) is 24.3 Å². The Kier molecular flexibility index (Phi) is 6.57. The van der Waals surface area contributed by atoms with Crippen LogP contribution < -0.4 is 15.8 Å². The summed E-state index contributed by atoms with van der Waals surface area (Å²) in [6.45, 7) is 0.573. The summed E-state index contributed by atoms with van der Waals surface area (Å²) in [7, 11) is 0. The van der Waals surface area contributed by atoms with Crippen molar-refractivity contribution in [3.8, 4) is 11.5 Å². The Balaban J connectivity index is 1.45. The van der Waals surface area contributed by atoms with Crippen molar-refractivity contribution in [3.63, 3.8) is 0 Å². The summed E-state index contributed by atoms with van der Waals surface area (Å²) < 4.78 is 11.2. The highest BCUT2D eigenvalue weighted by Crippen LogP contribution is 2.22. The summed E-state index contributed by atoms with van der Waals surface area (Å²) in [5.41, 5.74) is 7.59. The fourth-order valence-electron chi connectivity index (χ4n) is 2.42. The van der Waals surface area contributed by atoms with Gasteiger partial charge in [0.2, 0.25) is 5.91 Å². The van der Waals surface area contributed by atoms with Gasteiger partial charge in [0.25, 0.3) is 0 Å². The molecule has 0 radical (unpaired) electrons. The molecule has 5 heteroatoms. The third-order valence-corrected chi connectivity index (χ3v) is 3.85. The van der Waals surface area contributed by atoms with E-state index in [0.717, 1.165) is 11.3 Å². The highest BCUT2D eigenvalue weighted by molar-refractivity contribution is 5.94. The molecular formula is C22H22N2O3. The van der Waals surface area contributed by atoms with Crippen LogP contribution in [0.25, 0.3) is 0 Å². The van der Waals surface area contributed by atoms with Gasteiger partial charge in [-0.05, 0) is 42.0 Å². The second kappa shape index (κ2) is 9.52. The van der Waals surface area contributed by atoms with Gasteiger partial charge in [-0.25, -0.2) is 0 Å². The SMILES string of the molecule is N[C@H](COCc1ccccc1)C(=O)Nc1ccc(Oc2ccccc2)cc1. The molecule has 27 heavy (non-hydrogen) atoms. The summed E-state index contributed by atoms with van der Waals surface area (Å²) in [4.78, 5) is 12.2. The van der Waals surface area contributed by atoms with Crippen molar-refractivity contribution in [1.82, 2.24) is 0 Å². The number of rotatable bonds is 8. The molecule has 0 fully saturated rings. The van der Waals surface area contributed by atoms with Crippen LogP contribution in [0.3, 0.4) is 0 Å². The summed E-state index contributed by atoms with van der Waals surface area (Å²) >= 11 is 0. The van der Waals surface area contributed by atoms with E-state index in [-0.39, 0.29) is 12.5 Å². The molecule has 0 unspecified atom stereocenters. The Morgan fingerprint density at radius 1 is 0.852 bits per heavy atom. The van der Waals surface area contributed by atoms with E-state index in [4.69, 9.17) is 15.2 Å². The fraction of sp³-hybridized carbons (Fsp3) is 0.136. The van der Waals surface area contributed by atoms with Gasteiger partial charge in [0.1, 0.15) is 17.5 Å². The summed E-state index contributed by atoms with van der Waals surface area (Å²) in [5, 5.41) is 2.78. The van der Waals surface area contributed by atoms with Crippen LogP contribution in [0.5, 0.6) is 11.5 Å². The van der Waals surface area contributed by atoms with Crippen LogP contribution in [0.1, 0.15) is 5.56 Å². The van der Waals surface area contributed by atoms with E-state index in [2.05, 4.69) is 5.32 Å². The third-order valence-electron chi connectivity index (χ3n) is 3.85. The first-order valence-corrected chi connectivity index (χ1v) is 8.72. The van der Waals surface area contributed by atoms with E-state index in [1.807, 2.05) is 60.7 Å². The van der Waals surface area contributed by atoms with Crippen molar-refractivity contribution in [1.29, 1.82) is 0 Å². The first-order valence-electron chi connectivity index (χ1n) is 8.72. The maximum absolute atomic E-state index is 12.2. The lowest BCUT2D eigenvalue weighted by Gasteiger charge is -2.13. The van der Waals surface area contributed by atoms with Crippen LogP contribution in [0.4, 0.5) is 5.69 Å². The minimum absolute atomic E-state index is 0.149. The van der Waals surface area contributed by atoms with Gasteiger partial charge < -0.3 is 20.5 Å². The Morgan fingerprint density at radius 3 is 2.11 bits per heavy atom. The second-order valence-corrected chi connectivity index (χ2v) is 6.04. The van der Waals surface area contributed by atoms with Crippen molar-refractivity contribution in [2.24, 2.45) is 5.73 Å². The lowest BCUT2D eigenvalue weighted by Crippen LogP contribution is -2.39. The average molecular weight is 362 g/mol. The zero-order valence-electron chi connectivity index (χ0n) is 14.9. The van der Waals surface area contributed by atoms with Crippen LogP contribution >= 0.6 is 0 Å². The number of ether oxygens (including phenoxy) is 2. The van der Waals surface area contributed by atoms with Crippen LogP contribution in [0.2, 0.25) is 0 Å². The first kappa shape index (κ1) is 18.6. The van der Waals surface area contributed by atoms with Crippen molar-refractivity contribution in [3.05, 3.63) is 90.5 Å². The van der Waals surface area contributed by atoms with Gasteiger partial charge in [-0.3, -0.25) is 4.79 Å². The molecule has 1 atom stereocenters. The predicted molar refractivity (Wildman–Crippen MR) is 106 cm³/mol. The normalized spacial score (nSPS) is 11.6. The van der Waals surface area contributed by atoms with Gasteiger partial charge in [0.05, 0.1) is 13.2 Å². The maximum Gasteiger partial charge on any atom is 0.243 e. The largest absolute Gasteiger partial charge is 0.457 e. The predicted octanol–water partition coefficient (Wildman–Crippen LogP) is 3.96. The highest BCUT2D eigenvalue weighted by atomic mass is 16.5. The molecule has 3 aromatic rings. The molecular weight excluding hydrogens is 340 g/mol. The number of carbonyl (C=O) groups is 1.